The molecule has 15 heteroatoms. The third-order valence-electron chi connectivity index (χ3n) is 7.12. The zero-order chi connectivity index (χ0) is 30.2. The van der Waals surface area contributed by atoms with Crippen molar-refractivity contribution >= 4 is 42.9 Å². The summed E-state index contributed by atoms with van der Waals surface area (Å²) in [5, 5.41) is 22.5. The zero-order valence-corrected chi connectivity index (χ0v) is 21.9. The Hall–Kier alpha value is -4.17. The minimum atomic E-state index is -4.55. The fourth-order valence-electron chi connectivity index (χ4n) is 4.79. The summed E-state index contributed by atoms with van der Waals surface area (Å²) in [6.45, 7) is -0.320. The van der Waals surface area contributed by atoms with Crippen LogP contribution in [0.25, 0.3) is 0 Å². The highest BCUT2D eigenvalue weighted by molar-refractivity contribution is 6.62. The minimum Gasteiger partial charge on any atom is -0.423 e. The number of hydrogen-bond donors (Lipinski definition) is 4. The van der Waals surface area contributed by atoms with Gasteiger partial charge in [0, 0.05) is 17.7 Å². The molecule has 216 valence electrons. The molecule has 1 atom stereocenters. The van der Waals surface area contributed by atoms with Crippen LogP contribution in [-0.4, -0.2) is 59.5 Å². The predicted molar refractivity (Wildman–Crippen MR) is 144 cm³/mol. The monoisotopic (exact) mass is 581 g/mol. The Morgan fingerprint density at radius 2 is 1.45 bits per heavy atom. The Bertz CT molecular complexity index is 1540. The van der Waals surface area contributed by atoms with Gasteiger partial charge in [-0.15, -0.1) is 0 Å². The number of halogens is 3. The van der Waals surface area contributed by atoms with Crippen LogP contribution in [0.3, 0.4) is 0 Å². The second-order valence-electron chi connectivity index (χ2n) is 9.96. The van der Waals surface area contributed by atoms with Gasteiger partial charge in [0.15, 0.2) is 0 Å². The third-order valence-corrected chi connectivity index (χ3v) is 7.12. The second-order valence-corrected chi connectivity index (χ2v) is 9.96. The van der Waals surface area contributed by atoms with Crippen LogP contribution in [0.5, 0.6) is 0 Å². The number of nitrogens with two attached hydrogens (primary N) is 1. The first-order chi connectivity index (χ1) is 19.9. The number of amides is 3. The van der Waals surface area contributed by atoms with Crippen LogP contribution >= 0.6 is 0 Å². The molecule has 3 amide bonds. The van der Waals surface area contributed by atoms with Gasteiger partial charge in [-0.2, -0.15) is 13.2 Å². The van der Waals surface area contributed by atoms with E-state index in [0.29, 0.717) is 27.6 Å². The molecule has 3 aromatic rings. The van der Waals surface area contributed by atoms with Crippen LogP contribution in [0.4, 0.5) is 13.2 Å². The maximum absolute atomic E-state index is 13.7. The van der Waals surface area contributed by atoms with E-state index in [1.165, 1.54) is 41.3 Å². The van der Waals surface area contributed by atoms with E-state index in [0.717, 1.165) is 12.1 Å². The molecule has 2 aliphatic heterocycles. The zero-order valence-electron chi connectivity index (χ0n) is 21.9. The van der Waals surface area contributed by atoms with Crippen molar-refractivity contribution in [3.63, 3.8) is 0 Å². The Balaban J connectivity index is 1.41. The predicted octanol–water partition coefficient (Wildman–Crippen LogP) is 0.0671. The standard InChI is InChI=1S/C27H24B2F3N3O7/c30-27(31,32)20-7-1-15(2-8-20)11-35(26(38)17-4-6-19-14-42-29(40)22(19)10-17)12-23(24(33)36)34-25(37)16-3-5-18-13-41-28(39)21(18)9-16/h1-10,23,39-40H,11-14H2,(H2,33,36)(H,34,37). The van der Waals surface area contributed by atoms with E-state index < -0.39 is 56.3 Å². The molecule has 10 nitrogen and oxygen atoms in total. The molecule has 0 saturated heterocycles. The maximum Gasteiger partial charge on any atom is 0.491 e. The van der Waals surface area contributed by atoms with Crippen LogP contribution in [0.1, 0.15) is 43.0 Å². The summed E-state index contributed by atoms with van der Waals surface area (Å²) in [5.41, 5.74) is 7.44. The molecule has 0 bridgehead atoms. The lowest BCUT2D eigenvalue weighted by Crippen LogP contribution is -2.52. The molecule has 42 heavy (non-hydrogen) atoms. The Labute approximate surface area is 238 Å². The number of carbonyl (C=O) groups excluding carboxylic acids is 3. The van der Waals surface area contributed by atoms with Gasteiger partial charge in [0.1, 0.15) is 6.04 Å². The number of hydrogen-bond acceptors (Lipinski definition) is 7. The van der Waals surface area contributed by atoms with E-state index in [1.54, 1.807) is 12.1 Å². The number of nitrogens with one attached hydrogen (secondary N) is 1. The van der Waals surface area contributed by atoms with Crippen molar-refractivity contribution in [1.29, 1.82) is 0 Å². The third kappa shape index (κ3) is 6.19. The lowest BCUT2D eigenvalue weighted by Gasteiger charge is -2.27. The van der Waals surface area contributed by atoms with Gasteiger partial charge in [0.2, 0.25) is 5.91 Å². The van der Waals surface area contributed by atoms with Crippen LogP contribution < -0.4 is 22.0 Å². The van der Waals surface area contributed by atoms with E-state index in [4.69, 9.17) is 15.0 Å². The fourth-order valence-corrected chi connectivity index (χ4v) is 4.79. The molecule has 1 unspecified atom stereocenters. The van der Waals surface area contributed by atoms with Crippen LogP contribution in [0, 0.1) is 0 Å². The molecule has 0 aromatic heterocycles. The fraction of sp³-hybridized carbons (Fsp3) is 0.222. The summed E-state index contributed by atoms with van der Waals surface area (Å²) in [6.07, 6.45) is -4.55. The lowest BCUT2D eigenvalue weighted by atomic mass is 9.78. The van der Waals surface area contributed by atoms with Crippen LogP contribution in [0.2, 0.25) is 0 Å². The van der Waals surface area contributed by atoms with Gasteiger partial charge < -0.3 is 35.3 Å². The number of primary amides is 1. The summed E-state index contributed by atoms with van der Waals surface area (Å²) in [4.78, 5) is 40.3. The largest absolute Gasteiger partial charge is 0.491 e. The minimum absolute atomic E-state index is 0.109. The molecule has 5 N–H and O–H groups in total. The highest BCUT2D eigenvalue weighted by atomic mass is 19.4. The molecular weight excluding hydrogens is 557 g/mol. The smallest absolute Gasteiger partial charge is 0.423 e. The van der Waals surface area contributed by atoms with E-state index >= 15 is 0 Å². The number of fused-ring (bicyclic) bond motifs is 2. The first kappa shape index (κ1) is 29.3. The highest BCUT2D eigenvalue weighted by Crippen LogP contribution is 2.29. The summed E-state index contributed by atoms with van der Waals surface area (Å²) in [5.74, 6) is -2.30. The highest BCUT2D eigenvalue weighted by Gasteiger charge is 2.33. The van der Waals surface area contributed by atoms with Crippen molar-refractivity contribution < 1.29 is 46.9 Å². The van der Waals surface area contributed by atoms with Crippen molar-refractivity contribution in [3.8, 4) is 0 Å². The maximum atomic E-state index is 13.7. The molecule has 2 heterocycles. The second kappa shape index (κ2) is 11.6. The SMILES string of the molecule is NC(=O)C(CN(Cc1ccc(C(F)(F)F)cc1)C(=O)c1ccc2c(c1)B(O)OC2)NC(=O)c1ccc2c(c1)B(O)OC2. The van der Waals surface area contributed by atoms with E-state index in [2.05, 4.69) is 5.32 Å². The quantitative estimate of drug-likeness (QED) is 0.275. The normalized spacial score (nSPS) is 14.8. The average Bonchev–Trinajstić information content (AvgIpc) is 3.52. The molecular formula is C27H24B2F3N3O7. The first-order valence-corrected chi connectivity index (χ1v) is 12.8. The van der Waals surface area contributed by atoms with Gasteiger partial charge in [-0.05, 0) is 64.0 Å². The molecule has 2 aliphatic rings. The lowest BCUT2D eigenvalue weighted by molar-refractivity contribution is -0.137. The Morgan fingerprint density at radius 3 is 2.00 bits per heavy atom. The van der Waals surface area contributed by atoms with E-state index in [1.807, 2.05) is 0 Å². The number of carbonyl (C=O) groups is 3. The molecule has 0 spiro atoms. The van der Waals surface area contributed by atoms with Gasteiger partial charge in [0.25, 0.3) is 11.8 Å². The topological polar surface area (TPSA) is 151 Å². The van der Waals surface area contributed by atoms with Crippen LogP contribution in [-0.2, 0) is 40.0 Å². The van der Waals surface area contributed by atoms with Gasteiger partial charge in [0.05, 0.1) is 25.3 Å². The van der Waals surface area contributed by atoms with Crippen molar-refractivity contribution in [2.75, 3.05) is 6.54 Å². The van der Waals surface area contributed by atoms with Crippen molar-refractivity contribution in [2.45, 2.75) is 32.0 Å². The first-order valence-electron chi connectivity index (χ1n) is 12.8. The summed E-state index contributed by atoms with van der Waals surface area (Å²) in [7, 11) is -2.43. The van der Waals surface area contributed by atoms with Crippen molar-refractivity contribution in [3.05, 3.63) is 94.0 Å². The average molecular weight is 581 g/mol. The molecule has 0 saturated carbocycles. The van der Waals surface area contributed by atoms with E-state index in [-0.39, 0.29) is 30.9 Å². The van der Waals surface area contributed by atoms with Gasteiger partial charge in [-0.25, -0.2) is 0 Å². The number of rotatable bonds is 8. The van der Waals surface area contributed by atoms with Gasteiger partial charge in [-0.3, -0.25) is 14.4 Å². The molecule has 0 aliphatic carbocycles. The summed E-state index contributed by atoms with van der Waals surface area (Å²) in [6, 6.07) is 11.8. The van der Waals surface area contributed by atoms with Crippen LogP contribution in [0.15, 0.2) is 60.7 Å². The number of alkyl halides is 3. The van der Waals surface area contributed by atoms with Gasteiger partial charge in [-0.1, -0.05) is 24.3 Å². The number of nitrogens with zero attached hydrogens (tertiary/aromatic N) is 1. The molecule has 3 aromatic carbocycles. The summed E-state index contributed by atoms with van der Waals surface area (Å²) < 4.78 is 49.6. The molecule has 5 rings (SSSR count). The Kier molecular flexibility index (Phi) is 8.10. The van der Waals surface area contributed by atoms with Crippen molar-refractivity contribution in [2.24, 2.45) is 5.73 Å². The van der Waals surface area contributed by atoms with Crippen molar-refractivity contribution in [1.82, 2.24) is 10.2 Å². The van der Waals surface area contributed by atoms with Gasteiger partial charge >= 0.3 is 20.4 Å². The summed E-state index contributed by atoms with van der Waals surface area (Å²) >= 11 is 0. The van der Waals surface area contributed by atoms with E-state index in [9.17, 15) is 37.6 Å². The number of benzene rings is 3. The molecule has 0 radical (unpaired) electrons. The molecule has 0 fully saturated rings. The Morgan fingerprint density at radius 1 is 0.905 bits per heavy atom.